The van der Waals surface area contributed by atoms with Crippen molar-refractivity contribution in [3.05, 3.63) is 41.3 Å². The van der Waals surface area contributed by atoms with Crippen LogP contribution in [0.25, 0.3) is 0 Å². The number of ether oxygens (including phenoxy) is 3. The highest BCUT2D eigenvalue weighted by molar-refractivity contribution is 5.90. The minimum Gasteiger partial charge on any atom is -0.487 e. The molecule has 0 unspecified atom stereocenters. The lowest BCUT2D eigenvalue weighted by atomic mass is 10.1. The number of carbonyl (C=O) groups excluding carboxylic acids is 1. The summed E-state index contributed by atoms with van der Waals surface area (Å²) in [4.78, 5) is 12.2. The molecule has 0 amide bonds. The van der Waals surface area contributed by atoms with Gasteiger partial charge >= 0.3 is 5.97 Å². The maximum absolute atomic E-state index is 12.2. The molecule has 1 heterocycles. The van der Waals surface area contributed by atoms with Crippen LogP contribution in [0.5, 0.6) is 5.75 Å². The molecule has 1 aliphatic heterocycles. The number of aliphatic hydroxyl groups is 4. The lowest BCUT2D eigenvalue weighted by Gasteiger charge is -2.22. The topological polar surface area (TPSA) is 126 Å². The Kier molecular flexibility index (Phi) is 6.60. The van der Waals surface area contributed by atoms with E-state index in [9.17, 15) is 20.1 Å². The summed E-state index contributed by atoms with van der Waals surface area (Å²) in [6, 6.07) is 6.83. The van der Waals surface area contributed by atoms with Crippen LogP contribution in [0, 0.1) is 0 Å². The van der Waals surface area contributed by atoms with Crippen LogP contribution < -0.4 is 4.74 Å². The fourth-order valence-corrected chi connectivity index (χ4v) is 2.34. The minimum absolute atomic E-state index is 0.0994. The van der Waals surface area contributed by atoms with E-state index in [0.29, 0.717) is 17.7 Å². The predicted octanol–water partition coefficient (Wildman–Crippen LogP) is -0.122. The van der Waals surface area contributed by atoms with Gasteiger partial charge in [0.05, 0.1) is 12.2 Å². The van der Waals surface area contributed by atoms with E-state index in [1.807, 2.05) is 0 Å². The molecule has 2 atom stereocenters. The van der Waals surface area contributed by atoms with Gasteiger partial charge in [-0.15, -0.1) is 0 Å². The average molecular weight is 368 g/mol. The lowest BCUT2D eigenvalue weighted by Crippen LogP contribution is -2.34. The van der Waals surface area contributed by atoms with Gasteiger partial charge < -0.3 is 34.6 Å². The van der Waals surface area contributed by atoms with Gasteiger partial charge in [-0.1, -0.05) is 18.2 Å². The summed E-state index contributed by atoms with van der Waals surface area (Å²) in [5.74, 6) is -0.890. The van der Waals surface area contributed by atoms with E-state index in [1.54, 1.807) is 24.3 Å². The van der Waals surface area contributed by atoms with E-state index in [2.05, 4.69) is 0 Å². The normalized spacial score (nSPS) is 18.7. The van der Waals surface area contributed by atoms with Crippen LogP contribution in [-0.2, 0) is 20.7 Å². The van der Waals surface area contributed by atoms with Gasteiger partial charge in [-0.3, -0.25) is 0 Å². The number of hydrogen-bond acceptors (Lipinski definition) is 8. The Morgan fingerprint density at radius 1 is 1.27 bits per heavy atom. The Labute approximate surface area is 151 Å². The number of carbonyl (C=O) groups is 1. The third-order valence-electron chi connectivity index (χ3n) is 3.58. The number of hydrogen-bond donors (Lipinski definition) is 4. The molecule has 4 N–H and O–H groups in total. The Morgan fingerprint density at radius 2 is 1.96 bits per heavy atom. The lowest BCUT2D eigenvalue weighted by molar-refractivity contribution is -0.148. The molecule has 0 bridgehead atoms. The Hall–Kier alpha value is -2.13. The van der Waals surface area contributed by atoms with E-state index < -0.39 is 30.4 Å². The first-order valence-electron chi connectivity index (χ1n) is 8.22. The summed E-state index contributed by atoms with van der Waals surface area (Å²) >= 11 is 0. The molecule has 144 valence electrons. The number of para-hydroxylation sites is 1. The quantitative estimate of drug-likeness (QED) is 0.445. The second-order valence-corrected chi connectivity index (χ2v) is 6.55. The van der Waals surface area contributed by atoms with E-state index in [-0.39, 0.29) is 24.7 Å². The first-order chi connectivity index (χ1) is 12.3. The van der Waals surface area contributed by atoms with Crippen molar-refractivity contribution < 1.29 is 39.4 Å². The second-order valence-electron chi connectivity index (χ2n) is 6.55. The van der Waals surface area contributed by atoms with Crippen LogP contribution in [0.1, 0.15) is 19.4 Å². The van der Waals surface area contributed by atoms with Crippen LogP contribution >= 0.6 is 0 Å². The molecule has 0 fully saturated rings. The van der Waals surface area contributed by atoms with Gasteiger partial charge in [-0.25, -0.2) is 4.79 Å². The number of benzene rings is 1. The zero-order valence-corrected chi connectivity index (χ0v) is 14.7. The molecule has 1 aromatic rings. The molecule has 8 heteroatoms. The van der Waals surface area contributed by atoms with Crippen molar-refractivity contribution >= 4 is 5.97 Å². The Morgan fingerprint density at radius 3 is 2.58 bits per heavy atom. The molecule has 26 heavy (non-hydrogen) atoms. The SMILES string of the molecule is CC(C)(O)COC1=C(Oc2ccccc2CCO)C(=O)O[C@@H]1[C@@H](O)CO. The maximum atomic E-state index is 12.2. The van der Waals surface area contributed by atoms with Gasteiger partial charge in [0, 0.05) is 6.61 Å². The maximum Gasteiger partial charge on any atom is 0.378 e. The molecule has 0 saturated carbocycles. The van der Waals surface area contributed by atoms with Gasteiger partial charge in [0.2, 0.25) is 0 Å². The summed E-state index contributed by atoms with van der Waals surface area (Å²) in [6.07, 6.45) is -2.32. The van der Waals surface area contributed by atoms with Crippen LogP contribution in [-0.4, -0.2) is 64.0 Å². The number of rotatable bonds is 9. The first-order valence-corrected chi connectivity index (χ1v) is 8.22. The first kappa shape index (κ1) is 20.2. The van der Waals surface area contributed by atoms with E-state index in [0.717, 1.165) is 0 Å². The standard InChI is InChI=1S/C18H24O8/c1-18(2,23)10-24-15-14(12(21)9-20)26-17(22)16(15)25-13-6-4-3-5-11(13)7-8-19/h3-6,12,14,19-21,23H,7-10H2,1-2H3/t12-,14+/m0/s1. The molecule has 0 aromatic heterocycles. The van der Waals surface area contributed by atoms with Gasteiger partial charge in [-0.05, 0) is 31.9 Å². The molecular formula is C18H24O8. The van der Waals surface area contributed by atoms with E-state index >= 15 is 0 Å². The molecule has 1 aliphatic rings. The van der Waals surface area contributed by atoms with Gasteiger partial charge in [0.15, 0.2) is 11.9 Å². The molecule has 1 aromatic carbocycles. The van der Waals surface area contributed by atoms with Crippen molar-refractivity contribution in [1.29, 1.82) is 0 Å². The number of cyclic esters (lactones) is 1. The van der Waals surface area contributed by atoms with Gasteiger partial charge in [-0.2, -0.15) is 0 Å². The van der Waals surface area contributed by atoms with Gasteiger partial charge in [0.25, 0.3) is 5.76 Å². The summed E-state index contributed by atoms with van der Waals surface area (Å²) in [6.45, 7) is 2.09. The summed E-state index contributed by atoms with van der Waals surface area (Å²) in [5.41, 5.74) is -0.531. The molecular weight excluding hydrogens is 344 g/mol. The van der Waals surface area contributed by atoms with Crippen molar-refractivity contribution in [2.75, 3.05) is 19.8 Å². The monoisotopic (exact) mass is 368 g/mol. The third kappa shape index (κ3) is 4.95. The molecule has 2 rings (SSSR count). The van der Waals surface area contributed by atoms with Crippen molar-refractivity contribution in [3.8, 4) is 5.75 Å². The van der Waals surface area contributed by atoms with Crippen LogP contribution in [0.2, 0.25) is 0 Å². The van der Waals surface area contributed by atoms with E-state index in [1.165, 1.54) is 13.8 Å². The molecule has 0 spiro atoms. The predicted molar refractivity (Wildman–Crippen MR) is 90.1 cm³/mol. The highest BCUT2D eigenvalue weighted by Gasteiger charge is 2.42. The van der Waals surface area contributed by atoms with E-state index in [4.69, 9.17) is 19.3 Å². The number of esters is 1. The molecule has 8 nitrogen and oxygen atoms in total. The fraction of sp³-hybridized carbons (Fsp3) is 0.500. The summed E-state index contributed by atoms with van der Waals surface area (Å²) in [5, 5.41) is 38.1. The van der Waals surface area contributed by atoms with Crippen LogP contribution in [0.15, 0.2) is 35.8 Å². The highest BCUT2D eigenvalue weighted by atomic mass is 16.6. The Bertz CT molecular complexity index is 661. The summed E-state index contributed by atoms with van der Waals surface area (Å²) < 4.78 is 16.2. The van der Waals surface area contributed by atoms with Gasteiger partial charge in [0.1, 0.15) is 18.5 Å². The minimum atomic E-state index is -1.40. The van der Waals surface area contributed by atoms with Crippen LogP contribution in [0.3, 0.4) is 0 Å². The van der Waals surface area contributed by atoms with Crippen molar-refractivity contribution in [2.24, 2.45) is 0 Å². The highest BCUT2D eigenvalue weighted by Crippen LogP contribution is 2.31. The average Bonchev–Trinajstić information content (AvgIpc) is 2.89. The summed E-state index contributed by atoms with van der Waals surface area (Å²) in [7, 11) is 0. The fourth-order valence-electron chi connectivity index (χ4n) is 2.34. The largest absolute Gasteiger partial charge is 0.487 e. The molecule has 0 radical (unpaired) electrons. The second kappa shape index (κ2) is 8.50. The Balaban J connectivity index is 2.36. The van der Waals surface area contributed by atoms with Crippen molar-refractivity contribution in [3.63, 3.8) is 0 Å². The zero-order chi connectivity index (χ0) is 19.3. The molecule has 0 aliphatic carbocycles. The van der Waals surface area contributed by atoms with Crippen molar-refractivity contribution in [2.45, 2.75) is 38.1 Å². The smallest absolute Gasteiger partial charge is 0.378 e. The number of aliphatic hydroxyl groups excluding tert-OH is 3. The molecule has 0 saturated heterocycles. The zero-order valence-electron chi connectivity index (χ0n) is 14.7. The van der Waals surface area contributed by atoms with Crippen LogP contribution in [0.4, 0.5) is 0 Å². The van der Waals surface area contributed by atoms with Crippen molar-refractivity contribution in [1.82, 2.24) is 0 Å². The third-order valence-corrected chi connectivity index (χ3v) is 3.58.